The Morgan fingerprint density at radius 1 is 1.20 bits per heavy atom. The van der Waals surface area contributed by atoms with Crippen molar-refractivity contribution in [2.75, 3.05) is 13.1 Å². The number of urea groups is 1. The zero-order chi connectivity index (χ0) is 15.1. The lowest BCUT2D eigenvalue weighted by Gasteiger charge is -2.19. The number of carboxylic acids is 1. The summed E-state index contributed by atoms with van der Waals surface area (Å²) in [5.74, 6) is -1.66. The molecule has 0 aliphatic heterocycles. The molecular formula is C12H14ClN3O4. The number of hydrogen-bond acceptors (Lipinski definition) is 3. The third-order valence-electron chi connectivity index (χ3n) is 2.38. The van der Waals surface area contributed by atoms with Gasteiger partial charge in [-0.2, -0.15) is 0 Å². The first kappa shape index (κ1) is 15.8. The number of nitrogens with one attached hydrogen (secondary N) is 2. The Labute approximate surface area is 120 Å². The maximum atomic E-state index is 11.7. The molecule has 0 aliphatic rings. The van der Waals surface area contributed by atoms with Crippen molar-refractivity contribution in [2.45, 2.75) is 6.92 Å². The Bertz CT molecular complexity index is 504. The van der Waals surface area contributed by atoms with Crippen molar-refractivity contribution >= 4 is 29.5 Å². The number of amides is 3. The lowest BCUT2D eigenvalue weighted by molar-refractivity contribution is -0.137. The molecule has 7 nitrogen and oxygen atoms in total. The van der Waals surface area contributed by atoms with Gasteiger partial charge < -0.3 is 10.0 Å². The fourth-order valence-electron chi connectivity index (χ4n) is 1.35. The second-order valence-corrected chi connectivity index (χ2v) is 4.24. The molecule has 3 N–H and O–H groups in total. The van der Waals surface area contributed by atoms with E-state index in [-0.39, 0.29) is 6.54 Å². The van der Waals surface area contributed by atoms with Gasteiger partial charge in [0.1, 0.15) is 6.54 Å². The minimum atomic E-state index is -1.13. The standard InChI is InChI=1S/C12H14ClN3O4/c1-2-16(7-10(17)18)12(20)15-14-11(19)8-3-5-9(13)6-4-8/h3-6H,2,7H2,1H3,(H,14,19)(H,15,20)(H,17,18). The van der Waals surface area contributed by atoms with Crippen LogP contribution in [0.1, 0.15) is 17.3 Å². The molecule has 20 heavy (non-hydrogen) atoms. The maximum absolute atomic E-state index is 11.7. The molecule has 0 atom stereocenters. The summed E-state index contributed by atoms with van der Waals surface area (Å²) in [7, 11) is 0. The average Bonchev–Trinajstić information content (AvgIpc) is 2.42. The predicted octanol–water partition coefficient (Wildman–Crippen LogP) is 1.10. The zero-order valence-electron chi connectivity index (χ0n) is 10.7. The molecule has 0 heterocycles. The molecule has 0 fully saturated rings. The van der Waals surface area contributed by atoms with E-state index in [1.807, 2.05) is 0 Å². The number of halogens is 1. The largest absolute Gasteiger partial charge is 0.480 e. The second kappa shape index (κ2) is 7.34. The lowest BCUT2D eigenvalue weighted by Crippen LogP contribution is -2.50. The van der Waals surface area contributed by atoms with Crippen LogP contribution in [0.3, 0.4) is 0 Å². The highest BCUT2D eigenvalue weighted by molar-refractivity contribution is 6.30. The second-order valence-electron chi connectivity index (χ2n) is 3.80. The summed E-state index contributed by atoms with van der Waals surface area (Å²) >= 11 is 5.69. The highest BCUT2D eigenvalue weighted by Gasteiger charge is 2.15. The number of benzene rings is 1. The molecule has 3 amide bonds. The number of aliphatic carboxylic acids is 1. The Hall–Kier alpha value is -2.28. The van der Waals surface area contributed by atoms with E-state index < -0.39 is 24.5 Å². The first-order chi connectivity index (χ1) is 9.43. The number of carboxylic acid groups (broad SMARTS) is 1. The van der Waals surface area contributed by atoms with E-state index in [0.717, 1.165) is 4.90 Å². The van der Waals surface area contributed by atoms with Crippen molar-refractivity contribution in [3.63, 3.8) is 0 Å². The van der Waals surface area contributed by atoms with Crippen LogP contribution in [0.25, 0.3) is 0 Å². The van der Waals surface area contributed by atoms with Gasteiger partial charge in [-0.1, -0.05) is 11.6 Å². The fraction of sp³-hybridized carbons (Fsp3) is 0.250. The van der Waals surface area contributed by atoms with E-state index in [1.165, 1.54) is 12.1 Å². The molecule has 0 bridgehead atoms. The van der Waals surface area contributed by atoms with Gasteiger partial charge in [-0.05, 0) is 31.2 Å². The van der Waals surface area contributed by atoms with Gasteiger partial charge in [0.05, 0.1) is 0 Å². The number of nitrogens with zero attached hydrogens (tertiary/aromatic N) is 1. The molecule has 1 aromatic rings. The summed E-state index contributed by atoms with van der Waals surface area (Å²) in [4.78, 5) is 34.9. The zero-order valence-corrected chi connectivity index (χ0v) is 11.5. The van der Waals surface area contributed by atoms with Gasteiger partial charge in [0.2, 0.25) is 0 Å². The Morgan fingerprint density at radius 3 is 2.30 bits per heavy atom. The SMILES string of the molecule is CCN(CC(=O)O)C(=O)NNC(=O)c1ccc(Cl)cc1. The van der Waals surface area contributed by atoms with Gasteiger partial charge in [-0.25, -0.2) is 10.2 Å². The van der Waals surface area contributed by atoms with Gasteiger partial charge in [0.25, 0.3) is 5.91 Å². The van der Waals surface area contributed by atoms with Crippen LogP contribution in [-0.2, 0) is 4.79 Å². The number of rotatable bonds is 4. The lowest BCUT2D eigenvalue weighted by atomic mass is 10.2. The third-order valence-corrected chi connectivity index (χ3v) is 2.64. The number of hydrazine groups is 1. The normalized spacial score (nSPS) is 9.70. The molecule has 0 aromatic heterocycles. The Kier molecular flexibility index (Phi) is 5.79. The molecule has 0 aliphatic carbocycles. The van der Waals surface area contributed by atoms with Crippen molar-refractivity contribution in [3.05, 3.63) is 34.9 Å². The maximum Gasteiger partial charge on any atom is 0.336 e. The van der Waals surface area contributed by atoms with Crippen molar-refractivity contribution in [1.82, 2.24) is 15.8 Å². The number of carbonyl (C=O) groups is 3. The van der Waals surface area contributed by atoms with Gasteiger partial charge >= 0.3 is 12.0 Å². The van der Waals surface area contributed by atoms with Crippen LogP contribution in [0.15, 0.2) is 24.3 Å². The van der Waals surface area contributed by atoms with E-state index in [2.05, 4.69) is 10.9 Å². The number of hydrogen-bond donors (Lipinski definition) is 3. The molecule has 108 valence electrons. The fourth-order valence-corrected chi connectivity index (χ4v) is 1.48. The van der Waals surface area contributed by atoms with Crippen molar-refractivity contribution in [2.24, 2.45) is 0 Å². The van der Waals surface area contributed by atoms with E-state index in [1.54, 1.807) is 19.1 Å². The Balaban J connectivity index is 2.53. The van der Waals surface area contributed by atoms with Crippen molar-refractivity contribution < 1.29 is 19.5 Å². The highest BCUT2D eigenvalue weighted by Crippen LogP contribution is 2.08. The Morgan fingerprint density at radius 2 is 1.80 bits per heavy atom. The summed E-state index contributed by atoms with van der Waals surface area (Å²) in [5, 5.41) is 9.11. The molecule has 1 rings (SSSR count). The van der Waals surface area contributed by atoms with E-state index in [9.17, 15) is 14.4 Å². The van der Waals surface area contributed by atoms with Gasteiger partial charge in [0.15, 0.2) is 0 Å². The highest BCUT2D eigenvalue weighted by atomic mass is 35.5. The van der Waals surface area contributed by atoms with Crippen molar-refractivity contribution in [3.8, 4) is 0 Å². The van der Waals surface area contributed by atoms with E-state index >= 15 is 0 Å². The summed E-state index contributed by atoms with van der Waals surface area (Å²) in [5.41, 5.74) is 4.65. The topological polar surface area (TPSA) is 98.7 Å². The first-order valence-electron chi connectivity index (χ1n) is 5.76. The van der Waals surface area contributed by atoms with Gasteiger partial charge in [-0.15, -0.1) is 0 Å². The molecule has 0 spiro atoms. The smallest absolute Gasteiger partial charge is 0.336 e. The molecule has 0 unspecified atom stereocenters. The summed E-state index contributed by atoms with van der Waals surface area (Å²) < 4.78 is 0. The monoisotopic (exact) mass is 299 g/mol. The minimum absolute atomic E-state index is 0.203. The number of carbonyl (C=O) groups excluding carboxylic acids is 2. The van der Waals surface area contributed by atoms with Gasteiger partial charge in [-0.3, -0.25) is 15.0 Å². The molecule has 0 saturated heterocycles. The van der Waals surface area contributed by atoms with Gasteiger partial charge in [0, 0.05) is 17.1 Å². The molecule has 0 saturated carbocycles. The summed E-state index contributed by atoms with van der Waals surface area (Å²) in [6.45, 7) is 1.39. The molecule has 0 radical (unpaired) electrons. The van der Waals surface area contributed by atoms with Crippen LogP contribution >= 0.6 is 11.6 Å². The first-order valence-corrected chi connectivity index (χ1v) is 6.14. The van der Waals surface area contributed by atoms with Crippen LogP contribution in [0.5, 0.6) is 0 Å². The average molecular weight is 300 g/mol. The quantitative estimate of drug-likeness (QED) is 0.725. The summed E-state index contributed by atoms with van der Waals surface area (Å²) in [6, 6.07) is 5.39. The van der Waals surface area contributed by atoms with Crippen LogP contribution in [0.2, 0.25) is 5.02 Å². The van der Waals surface area contributed by atoms with Crippen molar-refractivity contribution in [1.29, 1.82) is 0 Å². The van der Waals surface area contributed by atoms with E-state index in [0.29, 0.717) is 10.6 Å². The molecule has 8 heteroatoms. The predicted molar refractivity (Wildman–Crippen MR) is 72.3 cm³/mol. The van der Waals surface area contributed by atoms with Crippen LogP contribution in [0, 0.1) is 0 Å². The molecule has 1 aromatic carbocycles. The van der Waals surface area contributed by atoms with Crippen LogP contribution < -0.4 is 10.9 Å². The number of likely N-dealkylation sites (N-methyl/N-ethyl adjacent to an activating group) is 1. The van der Waals surface area contributed by atoms with Crippen LogP contribution in [-0.4, -0.2) is 41.0 Å². The molecular weight excluding hydrogens is 286 g/mol. The minimum Gasteiger partial charge on any atom is -0.480 e. The van der Waals surface area contributed by atoms with Crippen LogP contribution in [0.4, 0.5) is 4.79 Å². The summed E-state index contributed by atoms with van der Waals surface area (Å²) in [6.07, 6.45) is 0. The van der Waals surface area contributed by atoms with E-state index in [4.69, 9.17) is 16.7 Å². The third kappa shape index (κ3) is 4.77.